The number of rotatable bonds is 2. The highest BCUT2D eigenvalue weighted by molar-refractivity contribution is 7.08. The van der Waals surface area contributed by atoms with E-state index in [1.54, 1.807) is 6.07 Å². The standard InChI is InChI=1S/C10H8FN3S/c11-9(12)8-7(1-3-14-10(8)13)6-2-4-15-5-6/h1-5,12H,(H2,13,14). The van der Waals surface area contributed by atoms with Gasteiger partial charge in [-0.15, -0.1) is 0 Å². The summed E-state index contributed by atoms with van der Waals surface area (Å²) in [4.78, 5) is 3.77. The number of hydrogen-bond acceptors (Lipinski definition) is 4. The molecule has 2 heterocycles. The summed E-state index contributed by atoms with van der Waals surface area (Å²) in [5, 5.41) is 10.8. The second-order valence-corrected chi connectivity index (χ2v) is 3.72. The van der Waals surface area contributed by atoms with E-state index < -0.39 is 5.97 Å². The molecule has 0 saturated carbocycles. The minimum Gasteiger partial charge on any atom is -0.383 e. The molecule has 0 amide bonds. The lowest BCUT2D eigenvalue weighted by molar-refractivity contribution is 0.798. The topological polar surface area (TPSA) is 62.8 Å². The van der Waals surface area contributed by atoms with Crippen molar-refractivity contribution in [2.75, 3.05) is 5.73 Å². The van der Waals surface area contributed by atoms with E-state index in [9.17, 15) is 4.39 Å². The van der Waals surface area contributed by atoms with Crippen LogP contribution in [0, 0.1) is 5.41 Å². The number of nitrogens with one attached hydrogen (secondary N) is 1. The lowest BCUT2D eigenvalue weighted by Gasteiger charge is -2.06. The van der Waals surface area contributed by atoms with E-state index in [1.165, 1.54) is 17.5 Å². The fourth-order valence-corrected chi connectivity index (χ4v) is 2.02. The van der Waals surface area contributed by atoms with E-state index in [0.29, 0.717) is 5.56 Å². The van der Waals surface area contributed by atoms with Crippen molar-refractivity contribution in [1.29, 1.82) is 5.41 Å². The average Bonchev–Trinajstić information content (AvgIpc) is 2.69. The van der Waals surface area contributed by atoms with E-state index in [4.69, 9.17) is 11.1 Å². The molecule has 2 aromatic rings. The summed E-state index contributed by atoms with van der Waals surface area (Å²) < 4.78 is 13.0. The Morgan fingerprint density at radius 1 is 1.47 bits per heavy atom. The molecule has 0 radical (unpaired) electrons. The van der Waals surface area contributed by atoms with Crippen LogP contribution in [0.25, 0.3) is 11.1 Å². The Morgan fingerprint density at radius 3 is 2.87 bits per heavy atom. The Bertz CT molecular complexity index is 493. The number of anilines is 1. The third-order valence-electron chi connectivity index (χ3n) is 2.03. The molecular weight excluding hydrogens is 213 g/mol. The molecule has 0 saturated heterocycles. The van der Waals surface area contributed by atoms with Crippen molar-refractivity contribution in [3.05, 3.63) is 34.7 Å². The fraction of sp³-hybridized carbons (Fsp3) is 0. The van der Waals surface area contributed by atoms with Crippen LogP contribution in [0.5, 0.6) is 0 Å². The first-order chi connectivity index (χ1) is 7.20. The molecule has 0 aromatic carbocycles. The molecule has 0 fully saturated rings. The van der Waals surface area contributed by atoms with E-state index >= 15 is 0 Å². The summed E-state index contributed by atoms with van der Waals surface area (Å²) in [6.45, 7) is 0. The van der Waals surface area contributed by atoms with Gasteiger partial charge < -0.3 is 5.73 Å². The van der Waals surface area contributed by atoms with Crippen molar-refractivity contribution in [1.82, 2.24) is 4.98 Å². The maximum absolute atomic E-state index is 13.0. The van der Waals surface area contributed by atoms with Gasteiger partial charge in [0.2, 0.25) is 5.97 Å². The van der Waals surface area contributed by atoms with Gasteiger partial charge in [0.25, 0.3) is 0 Å². The average molecular weight is 221 g/mol. The van der Waals surface area contributed by atoms with Crippen LogP contribution in [0.3, 0.4) is 0 Å². The number of pyridine rings is 1. The van der Waals surface area contributed by atoms with Crippen LogP contribution in [0.1, 0.15) is 5.56 Å². The number of aromatic nitrogens is 1. The largest absolute Gasteiger partial charge is 0.383 e. The van der Waals surface area contributed by atoms with Gasteiger partial charge in [-0.3, -0.25) is 5.41 Å². The fourth-order valence-electron chi connectivity index (χ4n) is 1.37. The van der Waals surface area contributed by atoms with Gasteiger partial charge in [0.05, 0.1) is 5.56 Å². The molecule has 0 atom stereocenters. The van der Waals surface area contributed by atoms with Gasteiger partial charge in [0, 0.05) is 6.20 Å². The maximum Gasteiger partial charge on any atom is 0.217 e. The monoisotopic (exact) mass is 221 g/mol. The van der Waals surface area contributed by atoms with Gasteiger partial charge in [-0.2, -0.15) is 15.7 Å². The molecule has 0 bridgehead atoms. The molecule has 2 aromatic heterocycles. The predicted molar refractivity (Wildman–Crippen MR) is 59.9 cm³/mol. The second-order valence-electron chi connectivity index (χ2n) is 2.94. The highest BCUT2D eigenvalue weighted by Crippen LogP contribution is 2.28. The second kappa shape index (κ2) is 3.78. The molecule has 2 rings (SSSR count). The first-order valence-electron chi connectivity index (χ1n) is 4.21. The van der Waals surface area contributed by atoms with Crippen molar-refractivity contribution in [3.63, 3.8) is 0 Å². The van der Waals surface area contributed by atoms with E-state index in [0.717, 1.165) is 5.56 Å². The summed E-state index contributed by atoms with van der Waals surface area (Å²) in [7, 11) is 0. The normalized spacial score (nSPS) is 10.2. The Kier molecular flexibility index (Phi) is 2.47. The molecular formula is C10H8FN3S. The molecule has 5 heteroatoms. The van der Waals surface area contributed by atoms with Crippen molar-refractivity contribution in [2.45, 2.75) is 0 Å². The van der Waals surface area contributed by atoms with Crippen LogP contribution in [-0.4, -0.2) is 10.9 Å². The minimum absolute atomic E-state index is 0.0474. The number of thiophene rings is 1. The zero-order chi connectivity index (χ0) is 10.8. The van der Waals surface area contributed by atoms with Crippen LogP contribution in [0.2, 0.25) is 0 Å². The maximum atomic E-state index is 13.0. The first-order valence-corrected chi connectivity index (χ1v) is 5.16. The number of hydrogen-bond donors (Lipinski definition) is 2. The van der Waals surface area contributed by atoms with Gasteiger partial charge in [-0.25, -0.2) is 4.98 Å². The molecule has 15 heavy (non-hydrogen) atoms. The summed E-state index contributed by atoms with van der Waals surface area (Å²) >= 11 is 1.51. The molecule has 3 nitrogen and oxygen atoms in total. The Morgan fingerprint density at radius 2 is 2.27 bits per heavy atom. The Labute approximate surface area is 89.9 Å². The highest BCUT2D eigenvalue weighted by Gasteiger charge is 2.13. The highest BCUT2D eigenvalue weighted by atomic mass is 32.1. The zero-order valence-corrected chi connectivity index (χ0v) is 8.51. The van der Waals surface area contributed by atoms with Crippen LogP contribution < -0.4 is 5.73 Å². The number of nitrogens with zero attached hydrogens (tertiary/aromatic N) is 1. The third-order valence-corrected chi connectivity index (χ3v) is 2.72. The lowest BCUT2D eigenvalue weighted by Crippen LogP contribution is -2.03. The summed E-state index contributed by atoms with van der Waals surface area (Å²) in [6.07, 6.45) is 1.51. The van der Waals surface area contributed by atoms with Gasteiger partial charge in [0.1, 0.15) is 5.82 Å². The van der Waals surface area contributed by atoms with Gasteiger partial charge in [-0.05, 0) is 34.0 Å². The smallest absolute Gasteiger partial charge is 0.217 e. The Balaban J connectivity index is 2.66. The SMILES string of the molecule is N=C(F)c1c(-c2ccsc2)ccnc1N. The molecule has 0 aliphatic rings. The van der Waals surface area contributed by atoms with E-state index in [2.05, 4.69) is 4.98 Å². The van der Waals surface area contributed by atoms with Crippen LogP contribution >= 0.6 is 11.3 Å². The Hall–Kier alpha value is -1.75. The van der Waals surface area contributed by atoms with Crippen LogP contribution in [0.15, 0.2) is 29.1 Å². The minimum atomic E-state index is -1.05. The molecule has 0 spiro atoms. The van der Waals surface area contributed by atoms with Crippen LogP contribution in [-0.2, 0) is 0 Å². The zero-order valence-electron chi connectivity index (χ0n) is 7.70. The van der Waals surface area contributed by atoms with Crippen molar-refractivity contribution in [3.8, 4) is 11.1 Å². The third kappa shape index (κ3) is 1.73. The lowest BCUT2D eigenvalue weighted by atomic mass is 10.0. The molecule has 3 N–H and O–H groups in total. The van der Waals surface area contributed by atoms with E-state index in [-0.39, 0.29) is 11.4 Å². The molecule has 76 valence electrons. The van der Waals surface area contributed by atoms with Gasteiger partial charge in [-0.1, -0.05) is 0 Å². The summed E-state index contributed by atoms with van der Waals surface area (Å²) in [6, 6.07) is 3.51. The predicted octanol–water partition coefficient (Wildman–Crippen LogP) is 2.69. The summed E-state index contributed by atoms with van der Waals surface area (Å²) in [5.74, 6) is -1.01. The quantitative estimate of drug-likeness (QED) is 0.766. The summed E-state index contributed by atoms with van der Waals surface area (Å²) in [5.41, 5.74) is 7.07. The number of halogens is 1. The van der Waals surface area contributed by atoms with Crippen LogP contribution in [0.4, 0.5) is 10.2 Å². The molecule has 0 aliphatic heterocycles. The number of nitrogen functional groups attached to an aromatic ring is 1. The van der Waals surface area contributed by atoms with Crippen molar-refractivity contribution >= 4 is 23.1 Å². The van der Waals surface area contributed by atoms with Gasteiger partial charge in [0.15, 0.2) is 0 Å². The van der Waals surface area contributed by atoms with Crippen molar-refractivity contribution in [2.24, 2.45) is 0 Å². The van der Waals surface area contributed by atoms with E-state index in [1.807, 2.05) is 16.8 Å². The van der Waals surface area contributed by atoms with Crippen molar-refractivity contribution < 1.29 is 4.39 Å². The van der Waals surface area contributed by atoms with Gasteiger partial charge >= 0.3 is 0 Å². The number of nitrogens with two attached hydrogens (primary N) is 1. The first kappa shape index (κ1) is 9.79. The molecule has 0 aliphatic carbocycles. The molecule has 0 unspecified atom stereocenters.